The van der Waals surface area contributed by atoms with Crippen LogP contribution < -0.4 is 15.2 Å². The molecule has 1 saturated heterocycles. The first-order chi connectivity index (χ1) is 10.0. The summed E-state index contributed by atoms with van der Waals surface area (Å²) in [4.78, 5) is 0. The standard InChI is InChI=1S/C12H18N4O4S/c13-12(14-17)9-20-11-5-3-10(4-6-11)15-21(18,19)16-7-1-2-8-16/h3-6,15,17H,1-2,7-9H2,(H2,13,14). The van der Waals surface area contributed by atoms with Gasteiger partial charge in [0.15, 0.2) is 5.84 Å². The number of anilines is 1. The Balaban J connectivity index is 1.96. The number of nitrogens with two attached hydrogens (primary N) is 1. The zero-order valence-corrected chi connectivity index (χ0v) is 12.2. The molecule has 1 fully saturated rings. The molecular formula is C12H18N4O4S. The van der Waals surface area contributed by atoms with Crippen LogP contribution in [-0.4, -0.2) is 43.5 Å². The predicted octanol–water partition coefficient (Wildman–Crippen LogP) is 0.564. The van der Waals surface area contributed by atoms with Crippen LogP contribution in [0.1, 0.15) is 12.8 Å². The lowest BCUT2D eigenvalue weighted by atomic mass is 10.3. The lowest BCUT2D eigenvalue weighted by molar-refractivity contribution is 0.306. The van der Waals surface area contributed by atoms with Crippen LogP contribution in [0.25, 0.3) is 0 Å². The first kappa shape index (κ1) is 15.4. The highest BCUT2D eigenvalue weighted by Gasteiger charge is 2.24. The molecule has 1 aromatic carbocycles. The minimum absolute atomic E-state index is 0.0463. The maximum atomic E-state index is 12.1. The quantitative estimate of drug-likeness (QED) is 0.307. The zero-order valence-electron chi connectivity index (χ0n) is 11.4. The molecule has 1 heterocycles. The van der Waals surface area contributed by atoms with E-state index < -0.39 is 10.2 Å². The van der Waals surface area contributed by atoms with E-state index in [2.05, 4.69) is 9.88 Å². The molecule has 1 aliphatic heterocycles. The normalized spacial score (nSPS) is 16.9. The fraction of sp³-hybridized carbons (Fsp3) is 0.417. The summed E-state index contributed by atoms with van der Waals surface area (Å²) in [5, 5.41) is 11.2. The van der Waals surface area contributed by atoms with Gasteiger partial charge in [-0.2, -0.15) is 12.7 Å². The number of hydrogen-bond acceptors (Lipinski definition) is 5. The Hall–Kier alpha value is -2.00. The van der Waals surface area contributed by atoms with Crippen molar-refractivity contribution in [2.45, 2.75) is 12.8 Å². The van der Waals surface area contributed by atoms with Gasteiger partial charge in [0.05, 0.1) is 5.69 Å². The van der Waals surface area contributed by atoms with Gasteiger partial charge in [0.25, 0.3) is 0 Å². The first-order valence-electron chi connectivity index (χ1n) is 6.48. The van der Waals surface area contributed by atoms with E-state index in [-0.39, 0.29) is 12.4 Å². The van der Waals surface area contributed by atoms with Crippen LogP contribution in [0, 0.1) is 0 Å². The second kappa shape index (κ2) is 6.64. The van der Waals surface area contributed by atoms with Crippen LogP contribution in [-0.2, 0) is 10.2 Å². The molecule has 0 spiro atoms. The maximum absolute atomic E-state index is 12.1. The molecule has 0 unspecified atom stereocenters. The van der Waals surface area contributed by atoms with Crippen molar-refractivity contribution in [3.63, 3.8) is 0 Å². The minimum Gasteiger partial charge on any atom is -0.486 e. The number of benzene rings is 1. The lowest BCUT2D eigenvalue weighted by Gasteiger charge is -2.17. The average Bonchev–Trinajstić information content (AvgIpc) is 3.01. The number of amidine groups is 1. The summed E-state index contributed by atoms with van der Waals surface area (Å²) in [5.74, 6) is 0.444. The van der Waals surface area contributed by atoms with Crippen LogP contribution in [0.5, 0.6) is 5.75 Å². The summed E-state index contributed by atoms with van der Waals surface area (Å²) in [5.41, 5.74) is 5.74. The number of hydrogen-bond donors (Lipinski definition) is 3. The third-order valence-corrected chi connectivity index (χ3v) is 4.56. The smallest absolute Gasteiger partial charge is 0.301 e. The first-order valence-corrected chi connectivity index (χ1v) is 7.92. The molecule has 0 atom stereocenters. The average molecular weight is 314 g/mol. The highest BCUT2D eigenvalue weighted by molar-refractivity contribution is 7.90. The lowest BCUT2D eigenvalue weighted by Crippen LogP contribution is -2.33. The Kier molecular flexibility index (Phi) is 4.86. The molecule has 116 valence electrons. The number of ether oxygens (including phenoxy) is 1. The second-order valence-corrected chi connectivity index (χ2v) is 6.29. The maximum Gasteiger partial charge on any atom is 0.301 e. The molecule has 0 aliphatic carbocycles. The highest BCUT2D eigenvalue weighted by Crippen LogP contribution is 2.19. The van der Waals surface area contributed by atoms with Gasteiger partial charge in [0.2, 0.25) is 0 Å². The zero-order chi connectivity index (χ0) is 15.3. The molecule has 0 amide bonds. The van der Waals surface area contributed by atoms with Gasteiger partial charge in [-0.15, -0.1) is 0 Å². The van der Waals surface area contributed by atoms with Crippen molar-refractivity contribution in [1.82, 2.24) is 4.31 Å². The molecule has 4 N–H and O–H groups in total. The SMILES string of the molecule is N/C(COc1ccc(NS(=O)(=O)N2CCCC2)cc1)=N\O. The van der Waals surface area contributed by atoms with E-state index in [1.54, 1.807) is 24.3 Å². The molecule has 0 saturated carbocycles. The number of oxime groups is 1. The minimum atomic E-state index is -3.49. The van der Waals surface area contributed by atoms with E-state index in [0.29, 0.717) is 24.5 Å². The monoisotopic (exact) mass is 314 g/mol. The Morgan fingerprint density at radius 2 is 1.95 bits per heavy atom. The van der Waals surface area contributed by atoms with Crippen molar-refractivity contribution >= 4 is 21.7 Å². The summed E-state index contributed by atoms with van der Waals surface area (Å²) >= 11 is 0. The molecule has 0 bridgehead atoms. The summed E-state index contributed by atoms with van der Waals surface area (Å²) in [6.07, 6.45) is 1.78. The van der Waals surface area contributed by atoms with Crippen LogP contribution in [0.4, 0.5) is 5.69 Å². The molecule has 9 heteroatoms. The molecule has 1 aromatic rings. The Morgan fingerprint density at radius 1 is 1.33 bits per heavy atom. The molecule has 21 heavy (non-hydrogen) atoms. The highest BCUT2D eigenvalue weighted by atomic mass is 32.2. The van der Waals surface area contributed by atoms with Gasteiger partial charge >= 0.3 is 10.2 Å². The van der Waals surface area contributed by atoms with E-state index in [9.17, 15) is 8.42 Å². The summed E-state index contributed by atoms with van der Waals surface area (Å²) in [6.45, 7) is 1.06. The van der Waals surface area contributed by atoms with Crippen LogP contribution in [0.15, 0.2) is 29.4 Å². The van der Waals surface area contributed by atoms with E-state index in [1.807, 2.05) is 0 Å². The number of nitrogens with zero attached hydrogens (tertiary/aromatic N) is 2. The van der Waals surface area contributed by atoms with Crippen molar-refractivity contribution in [1.29, 1.82) is 0 Å². The molecule has 1 aliphatic rings. The fourth-order valence-corrected chi connectivity index (χ4v) is 3.25. The molecule has 2 rings (SSSR count). The molecule has 8 nitrogen and oxygen atoms in total. The molecule has 0 radical (unpaired) electrons. The number of rotatable bonds is 6. The Morgan fingerprint density at radius 3 is 2.52 bits per heavy atom. The predicted molar refractivity (Wildman–Crippen MR) is 78.7 cm³/mol. The van der Waals surface area contributed by atoms with Gasteiger partial charge in [-0.3, -0.25) is 4.72 Å². The third-order valence-electron chi connectivity index (χ3n) is 3.02. The number of nitrogens with one attached hydrogen (secondary N) is 1. The summed E-state index contributed by atoms with van der Waals surface area (Å²) in [6, 6.07) is 6.39. The largest absolute Gasteiger partial charge is 0.486 e. The van der Waals surface area contributed by atoms with Crippen molar-refractivity contribution in [2.75, 3.05) is 24.4 Å². The van der Waals surface area contributed by atoms with Crippen LogP contribution in [0.2, 0.25) is 0 Å². The van der Waals surface area contributed by atoms with Gasteiger partial charge in [-0.25, -0.2) is 0 Å². The summed E-state index contributed by atoms with van der Waals surface area (Å²) < 4.78 is 33.3. The summed E-state index contributed by atoms with van der Waals surface area (Å²) in [7, 11) is -3.49. The van der Waals surface area contributed by atoms with Crippen molar-refractivity contribution in [3.8, 4) is 5.75 Å². The van der Waals surface area contributed by atoms with Crippen LogP contribution >= 0.6 is 0 Å². The van der Waals surface area contributed by atoms with Gasteiger partial charge in [0, 0.05) is 13.1 Å². The van der Waals surface area contributed by atoms with Gasteiger partial charge in [-0.1, -0.05) is 5.16 Å². The van der Waals surface area contributed by atoms with Crippen LogP contribution in [0.3, 0.4) is 0 Å². The van der Waals surface area contributed by atoms with Crippen molar-refractivity contribution in [2.24, 2.45) is 10.9 Å². The fourth-order valence-electron chi connectivity index (χ4n) is 1.95. The van der Waals surface area contributed by atoms with E-state index >= 15 is 0 Å². The molecular weight excluding hydrogens is 296 g/mol. The Bertz CT molecular complexity index is 594. The van der Waals surface area contributed by atoms with E-state index in [0.717, 1.165) is 12.8 Å². The van der Waals surface area contributed by atoms with E-state index in [1.165, 1.54) is 4.31 Å². The van der Waals surface area contributed by atoms with E-state index in [4.69, 9.17) is 15.7 Å². The molecule has 0 aromatic heterocycles. The van der Waals surface area contributed by atoms with Crippen molar-refractivity contribution in [3.05, 3.63) is 24.3 Å². The topological polar surface area (TPSA) is 117 Å². The second-order valence-electron chi connectivity index (χ2n) is 4.62. The van der Waals surface area contributed by atoms with Gasteiger partial charge in [-0.05, 0) is 37.1 Å². The third kappa shape index (κ3) is 4.23. The van der Waals surface area contributed by atoms with Gasteiger partial charge < -0.3 is 15.7 Å². The van der Waals surface area contributed by atoms with Crippen molar-refractivity contribution < 1.29 is 18.4 Å². The van der Waals surface area contributed by atoms with Gasteiger partial charge in [0.1, 0.15) is 12.4 Å². The Labute approximate surface area is 123 Å².